The van der Waals surface area contributed by atoms with Gasteiger partial charge < -0.3 is 10.4 Å². The lowest BCUT2D eigenvalue weighted by Gasteiger charge is -2.08. The summed E-state index contributed by atoms with van der Waals surface area (Å²) >= 11 is 0. The first kappa shape index (κ1) is 10.7. The molecule has 1 aromatic heterocycles. The highest BCUT2D eigenvalue weighted by molar-refractivity contribution is 5.92. The highest BCUT2D eigenvalue weighted by atomic mass is 16.3. The van der Waals surface area contributed by atoms with E-state index in [4.69, 9.17) is 5.11 Å². The number of ketones is 1. The number of carbonyl (C=O) groups is 1. The van der Waals surface area contributed by atoms with Crippen molar-refractivity contribution < 1.29 is 9.90 Å². The van der Waals surface area contributed by atoms with Crippen LogP contribution >= 0.6 is 0 Å². The second-order valence-corrected chi connectivity index (χ2v) is 3.22. The standard InChI is InChI=1S/C10H14N2O2/c1-7(13)6-12-9-3-4-11-10(5-9)8(2)14/h3-5,7,13H,6H2,1-2H3,(H,11,12). The van der Waals surface area contributed by atoms with E-state index in [0.717, 1.165) is 5.69 Å². The Morgan fingerprint density at radius 2 is 2.43 bits per heavy atom. The molecule has 1 aromatic rings. The Balaban J connectivity index is 2.69. The number of carbonyl (C=O) groups excluding carboxylic acids is 1. The highest BCUT2D eigenvalue weighted by Crippen LogP contribution is 2.08. The molecule has 1 unspecified atom stereocenters. The second-order valence-electron chi connectivity index (χ2n) is 3.22. The average molecular weight is 194 g/mol. The summed E-state index contributed by atoms with van der Waals surface area (Å²) in [5.41, 5.74) is 1.23. The third-order valence-electron chi connectivity index (χ3n) is 1.72. The van der Waals surface area contributed by atoms with E-state index in [1.165, 1.54) is 6.92 Å². The molecule has 2 N–H and O–H groups in total. The molecule has 0 saturated heterocycles. The minimum absolute atomic E-state index is 0.0642. The topological polar surface area (TPSA) is 62.2 Å². The van der Waals surface area contributed by atoms with E-state index in [1.54, 1.807) is 25.3 Å². The third kappa shape index (κ3) is 3.14. The van der Waals surface area contributed by atoms with Crippen molar-refractivity contribution in [2.75, 3.05) is 11.9 Å². The Hall–Kier alpha value is -1.42. The van der Waals surface area contributed by atoms with Crippen LogP contribution < -0.4 is 5.32 Å². The van der Waals surface area contributed by atoms with Gasteiger partial charge in [0.1, 0.15) is 5.69 Å². The molecular weight excluding hydrogens is 180 g/mol. The van der Waals surface area contributed by atoms with Gasteiger partial charge in [-0.2, -0.15) is 0 Å². The monoisotopic (exact) mass is 194 g/mol. The Morgan fingerprint density at radius 3 is 3.00 bits per heavy atom. The lowest BCUT2D eigenvalue weighted by atomic mass is 10.2. The number of aliphatic hydroxyl groups excluding tert-OH is 1. The van der Waals surface area contributed by atoms with Crippen molar-refractivity contribution in [3.63, 3.8) is 0 Å². The van der Waals surface area contributed by atoms with E-state index in [9.17, 15) is 4.79 Å². The molecule has 0 amide bonds. The number of nitrogens with one attached hydrogen (secondary N) is 1. The number of nitrogens with zero attached hydrogens (tertiary/aromatic N) is 1. The molecule has 0 aliphatic rings. The average Bonchev–Trinajstić information content (AvgIpc) is 2.15. The molecule has 0 radical (unpaired) electrons. The van der Waals surface area contributed by atoms with Crippen molar-refractivity contribution in [1.82, 2.24) is 4.98 Å². The Bertz CT molecular complexity index is 324. The summed E-state index contributed by atoms with van der Waals surface area (Å²) in [5.74, 6) is -0.0642. The van der Waals surface area contributed by atoms with Gasteiger partial charge in [-0.25, -0.2) is 0 Å². The molecule has 0 bridgehead atoms. The number of rotatable bonds is 4. The van der Waals surface area contributed by atoms with Crippen LogP contribution in [0.2, 0.25) is 0 Å². The molecule has 4 nitrogen and oxygen atoms in total. The van der Waals surface area contributed by atoms with Gasteiger partial charge in [0.15, 0.2) is 5.78 Å². The van der Waals surface area contributed by atoms with Crippen LogP contribution in [0.5, 0.6) is 0 Å². The predicted molar refractivity (Wildman–Crippen MR) is 54.4 cm³/mol. The van der Waals surface area contributed by atoms with E-state index in [2.05, 4.69) is 10.3 Å². The van der Waals surface area contributed by atoms with Gasteiger partial charge >= 0.3 is 0 Å². The zero-order valence-electron chi connectivity index (χ0n) is 8.32. The molecule has 0 aliphatic carbocycles. The number of aliphatic hydroxyl groups is 1. The lowest BCUT2D eigenvalue weighted by molar-refractivity contribution is 0.101. The molecule has 0 aromatic carbocycles. The first-order chi connectivity index (χ1) is 6.59. The smallest absolute Gasteiger partial charge is 0.178 e. The lowest BCUT2D eigenvalue weighted by Crippen LogP contribution is -2.15. The van der Waals surface area contributed by atoms with Crippen LogP contribution in [-0.4, -0.2) is 28.5 Å². The molecule has 0 fully saturated rings. The summed E-state index contributed by atoms with van der Waals surface area (Å²) in [6.45, 7) is 3.63. The van der Waals surface area contributed by atoms with Gasteiger partial charge in [-0.3, -0.25) is 9.78 Å². The summed E-state index contributed by atoms with van der Waals surface area (Å²) in [5, 5.41) is 12.0. The minimum Gasteiger partial charge on any atom is -0.392 e. The summed E-state index contributed by atoms with van der Waals surface area (Å²) < 4.78 is 0. The minimum atomic E-state index is -0.413. The van der Waals surface area contributed by atoms with E-state index >= 15 is 0 Å². The van der Waals surface area contributed by atoms with Crippen LogP contribution in [0.4, 0.5) is 5.69 Å². The maximum Gasteiger partial charge on any atom is 0.178 e. The number of aromatic nitrogens is 1. The van der Waals surface area contributed by atoms with Crippen molar-refractivity contribution in [3.8, 4) is 0 Å². The number of hydrogen-bond donors (Lipinski definition) is 2. The Labute approximate surface area is 83.0 Å². The van der Waals surface area contributed by atoms with Crippen LogP contribution in [0.1, 0.15) is 24.3 Å². The summed E-state index contributed by atoms with van der Waals surface area (Å²) in [6, 6.07) is 3.43. The van der Waals surface area contributed by atoms with Crippen molar-refractivity contribution >= 4 is 11.5 Å². The van der Waals surface area contributed by atoms with Gasteiger partial charge in [0.25, 0.3) is 0 Å². The van der Waals surface area contributed by atoms with Crippen LogP contribution in [-0.2, 0) is 0 Å². The van der Waals surface area contributed by atoms with Gasteiger partial charge in [0, 0.05) is 25.4 Å². The molecule has 0 spiro atoms. The molecule has 0 saturated carbocycles. The third-order valence-corrected chi connectivity index (χ3v) is 1.72. The maximum atomic E-state index is 11.0. The number of pyridine rings is 1. The van der Waals surface area contributed by atoms with Crippen LogP contribution in [0.3, 0.4) is 0 Å². The fraction of sp³-hybridized carbons (Fsp3) is 0.400. The molecule has 0 aliphatic heterocycles. The van der Waals surface area contributed by atoms with Gasteiger partial charge in [0.2, 0.25) is 0 Å². The first-order valence-corrected chi connectivity index (χ1v) is 4.48. The Morgan fingerprint density at radius 1 is 1.71 bits per heavy atom. The predicted octanol–water partition coefficient (Wildman–Crippen LogP) is 1.08. The molecular formula is C10H14N2O2. The van der Waals surface area contributed by atoms with E-state index in [0.29, 0.717) is 12.2 Å². The molecule has 76 valence electrons. The zero-order valence-corrected chi connectivity index (χ0v) is 8.32. The largest absolute Gasteiger partial charge is 0.392 e. The van der Waals surface area contributed by atoms with Crippen molar-refractivity contribution in [3.05, 3.63) is 24.0 Å². The van der Waals surface area contributed by atoms with E-state index in [1.807, 2.05) is 0 Å². The van der Waals surface area contributed by atoms with Crippen LogP contribution in [0.25, 0.3) is 0 Å². The SMILES string of the molecule is CC(=O)c1cc(NCC(C)O)ccn1. The van der Waals surface area contributed by atoms with Crippen molar-refractivity contribution in [2.24, 2.45) is 0 Å². The fourth-order valence-corrected chi connectivity index (χ4v) is 0.999. The second kappa shape index (κ2) is 4.72. The van der Waals surface area contributed by atoms with Crippen LogP contribution in [0.15, 0.2) is 18.3 Å². The van der Waals surface area contributed by atoms with Gasteiger partial charge in [-0.1, -0.05) is 0 Å². The van der Waals surface area contributed by atoms with Crippen molar-refractivity contribution in [2.45, 2.75) is 20.0 Å². The zero-order chi connectivity index (χ0) is 10.6. The molecule has 14 heavy (non-hydrogen) atoms. The number of anilines is 1. The first-order valence-electron chi connectivity index (χ1n) is 4.48. The highest BCUT2D eigenvalue weighted by Gasteiger charge is 2.02. The normalized spacial score (nSPS) is 12.2. The number of Topliss-reactive ketones (excluding diaryl/α,β-unsaturated/α-hetero) is 1. The quantitative estimate of drug-likeness (QED) is 0.704. The van der Waals surface area contributed by atoms with E-state index < -0.39 is 6.10 Å². The molecule has 4 heteroatoms. The maximum absolute atomic E-state index is 11.0. The molecule has 1 heterocycles. The summed E-state index contributed by atoms with van der Waals surface area (Å²) in [4.78, 5) is 14.9. The molecule has 1 atom stereocenters. The van der Waals surface area contributed by atoms with Gasteiger partial charge in [-0.05, 0) is 19.1 Å². The van der Waals surface area contributed by atoms with Crippen molar-refractivity contribution in [1.29, 1.82) is 0 Å². The molecule has 1 rings (SSSR count). The Kier molecular flexibility index (Phi) is 3.59. The summed E-state index contributed by atoms with van der Waals surface area (Å²) in [7, 11) is 0. The van der Waals surface area contributed by atoms with Gasteiger partial charge in [0.05, 0.1) is 6.10 Å². The van der Waals surface area contributed by atoms with E-state index in [-0.39, 0.29) is 5.78 Å². The van der Waals surface area contributed by atoms with Crippen LogP contribution in [0, 0.1) is 0 Å². The summed E-state index contributed by atoms with van der Waals surface area (Å²) in [6.07, 6.45) is 1.16. The number of hydrogen-bond acceptors (Lipinski definition) is 4. The van der Waals surface area contributed by atoms with Gasteiger partial charge in [-0.15, -0.1) is 0 Å². The fourth-order valence-electron chi connectivity index (χ4n) is 0.999.